The van der Waals surface area contributed by atoms with E-state index in [4.69, 9.17) is 0 Å². The van der Waals surface area contributed by atoms with Crippen molar-refractivity contribution in [2.24, 2.45) is 11.3 Å². The monoisotopic (exact) mass is 380 g/mol. The van der Waals surface area contributed by atoms with Crippen LogP contribution in [0.15, 0.2) is 48.9 Å². The number of rotatable bonds is 4. The minimum Gasteiger partial charge on any atom is -0.343 e. The number of benzene rings is 1. The summed E-state index contributed by atoms with van der Waals surface area (Å²) in [6.45, 7) is 7.03. The maximum absolute atomic E-state index is 13.0. The van der Waals surface area contributed by atoms with Crippen LogP contribution >= 0.6 is 0 Å². The van der Waals surface area contributed by atoms with E-state index in [-0.39, 0.29) is 29.2 Å². The molecule has 0 aliphatic carbocycles. The Balaban J connectivity index is 1.68. The van der Waals surface area contributed by atoms with Gasteiger partial charge in [-0.1, -0.05) is 51.1 Å². The smallest absolute Gasteiger partial charge is 0.227 e. The van der Waals surface area contributed by atoms with Crippen molar-refractivity contribution in [3.63, 3.8) is 0 Å². The Morgan fingerprint density at radius 2 is 1.79 bits per heavy atom. The van der Waals surface area contributed by atoms with E-state index in [9.17, 15) is 9.59 Å². The molecule has 6 heteroatoms. The van der Waals surface area contributed by atoms with Crippen LogP contribution in [0, 0.1) is 11.3 Å². The molecule has 1 N–H and O–H groups in total. The number of hydrogen-bond acceptors (Lipinski definition) is 4. The van der Waals surface area contributed by atoms with Crippen molar-refractivity contribution in [3.05, 3.63) is 60.2 Å². The average molecular weight is 380 g/mol. The lowest BCUT2D eigenvalue weighted by Crippen LogP contribution is -2.47. The Hall–Kier alpha value is -2.76. The number of amides is 2. The molecule has 28 heavy (non-hydrogen) atoms. The highest BCUT2D eigenvalue weighted by molar-refractivity contribution is 5.83. The molecule has 1 aliphatic rings. The molecule has 2 aromatic rings. The topological polar surface area (TPSA) is 75.2 Å². The predicted molar refractivity (Wildman–Crippen MR) is 107 cm³/mol. The molecule has 0 bridgehead atoms. The molecule has 0 spiro atoms. The summed E-state index contributed by atoms with van der Waals surface area (Å²) in [5.41, 5.74) is 1.29. The first-order chi connectivity index (χ1) is 13.4. The molecule has 2 amide bonds. The highest BCUT2D eigenvalue weighted by atomic mass is 16.2. The van der Waals surface area contributed by atoms with Gasteiger partial charge in [0, 0.05) is 36.8 Å². The lowest BCUT2D eigenvalue weighted by molar-refractivity contribution is -0.142. The van der Waals surface area contributed by atoms with Gasteiger partial charge in [-0.15, -0.1) is 0 Å². The zero-order valence-electron chi connectivity index (χ0n) is 16.8. The molecule has 148 valence electrons. The predicted octanol–water partition coefficient (Wildman–Crippen LogP) is 2.97. The van der Waals surface area contributed by atoms with Gasteiger partial charge in [0.15, 0.2) is 0 Å². The molecule has 1 unspecified atom stereocenters. The number of carbonyl (C=O) groups excluding carboxylic acids is 2. The first-order valence-corrected chi connectivity index (χ1v) is 9.77. The zero-order chi connectivity index (χ0) is 20.1. The molecule has 2 heterocycles. The summed E-state index contributed by atoms with van der Waals surface area (Å²) in [7, 11) is 0. The minimum atomic E-state index is -0.389. The third kappa shape index (κ3) is 4.74. The van der Waals surface area contributed by atoms with Crippen LogP contribution in [-0.4, -0.2) is 39.8 Å². The van der Waals surface area contributed by atoms with Crippen LogP contribution in [0.25, 0.3) is 0 Å². The number of piperidine rings is 1. The van der Waals surface area contributed by atoms with Crippen molar-refractivity contribution in [3.8, 4) is 0 Å². The summed E-state index contributed by atoms with van der Waals surface area (Å²) in [6.07, 6.45) is 6.29. The molecular weight excluding hydrogens is 352 g/mol. The summed E-state index contributed by atoms with van der Waals surface area (Å²) < 4.78 is 0. The molecular formula is C22H28N4O2. The van der Waals surface area contributed by atoms with Gasteiger partial charge in [-0.2, -0.15) is 0 Å². The van der Waals surface area contributed by atoms with E-state index in [2.05, 4.69) is 15.3 Å². The van der Waals surface area contributed by atoms with Gasteiger partial charge in [0.2, 0.25) is 11.8 Å². The number of likely N-dealkylation sites (tertiary alicyclic amines) is 1. The Morgan fingerprint density at radius 3 is 2.36 bits per heavy atom. The van der Waals surface area contributed by atoms with E-state index in [0.717, 1.165) is 5.56 Å². The fourth-order valence-corrected chi connectivity index (χ4v) is 3.51. The summed E-state index contributed by atoms with van der Waals surface area (Å²) in [6, 6.07) is 9.45. The van der Waals surface area contributed by atoms with Gasteiger partial charge in [0.05, 0.1) is 17.9 Å². The highest BCUT2D eigenvalue weighted by Crippen LogP contribution is 2.25. The van der Waals surface area contributed by atoms with Crippen LogP contribution in [0.3, 0.4) is 0 Å². The van der Waals surface area contributed by atoms with Gasteiger partial charge < -0.3 is 10.2 Å². The van der Waals surface area contributed by atoms with E-state index in [1.807, 2.05) is 56.0 Å². The van der Waals surface area contributed by atoms with Gasteiger partial charge in [-0.25, -0.2) is 0 Å². The molecule has 6 nitrogen and oxygen atoms in total. The van der Waals surface area contributed by atoms with Crippen molar-refractivity contribution < 1.29 is 9.59 Å². The highest BCUT2D eigenvalue weighted by Gasteiger charge is 2.33. The fraction of sp³-hybridized carbons (Fsp3) is 0.455. The van der Waals surface area contributed by atoms with Crippen LogP contribution in [0.5, 0.6) is 0 Å². The van der Waals surface area contributed by atoms with Crippen molar-refractivity contribution in [1.82, 2.24) is 20.2 Å². The molecule has 0 radical (unpaired) electrons. The first kappa shape index (κ1) is 20.0. The second-order valence-corrected chi connectivity index (χ2v) is 8.30. The van der Waals surface area contributed by atoms with Crippen LogP contribution < -0.4 is 5.32 Å². The third-order valence-electron chi connectivity index (χ3n) is 5.09. The molecule has 1 aromatic heterocycles. The Bertz CT molecular complexity index is 755. The van der Waals surface area contributed by atoms with E-state index >= 15 is 0 Å². The third-order valence-corrected chi connectivity index (χ3v) is 5.09. The molecule has 1 fully saturated rings. The summed E-state index contributed by atoms with van der Waals surface area (Å²) in [5.74, 6) is 0.0438. The standard InChI is InChI=1S/C22H28N4O2/c1-22(2,3)21(28)26-13-9-17(10-14-26)20(27)25-19(16-7-5-4-6-8-16)18-15-23-11-12-24-18/h4-8,11-12,15,17,19H,9-10,13-14H2,1-3H3,(H,25,27). The zero-order valence-corrected chi connectivity index (χ0v) is 16.8. The normalized spacial score (nSPS) is 16.5. The first-order valence-electron chi connectivity index (χ1n) is 9.77. The van der Waals surface area contributed by atoms with Gasteiger partial charge in [-0.3, -0.25) is 19.6 Å². The van der Waals surface area contributed by atoms with E-state index in [1.165, 1.54) is 0 Å². The molecule has 1 saturated heterocycles. The summed E-state index contributed by atoms with van der Waals surface area (Å²) in [4.78, 5) is 35.8. The Kier molecular flexibility index (Phi) is 6.07. The van der Waals surface area contributed by atoms with Crippen molar-refractivity contribution >= 4 is 11.8 Å². The summed E-state index contributed by atoms with van der Waals surface area (Å²) >= 11 is 0. The van der Waals surface area contributed by atoms with E-state index in [1.54, 1.807) is 18.6 Å². The number of nitrogens with one attached hydrogen (secondary N) is 1. The number of hydrogen-bond donors (Lipinski definition) is 1. The molecule has 1 aliphatic heterocycles. The number of carbonyl (C=O) groups is 2. The molecule has 0 saturated carbocycles. The van der Waals surface area contributed by atoms with Crippen LogP contribution in [0.1, 0.15) is 50.9 Å². The van der Waals surface area contributed by atoms with Crippen LogP contribution in [0.2, 0.25) is 0 Å². The van der Waals surface area contributed by atoms with E-state index < -0.39 is 0 Å². The van der Waals surface area contributed by atoms with Gasteiger partial charge in [0.1, 0.15) is 0 Å². The molecule has 1 atom stereocenters. The Labute approximate surface area is 166 Å². The Morgan fingerprint density at radius 1 is 1.11 bits per heavy atom. The number of nitrogens with zero attached hydrogens (tertiary/aromatic N) is 3. The van der Waals surface area contributed by atoms with E-state index in [0.29, 0.717) is 31.6 Å². The average Bonchev–Trinajstić information content (AvgIpc) is 2.72. The lowest BCUT2D eigenvalue weighted by atomic mass is 9.90. The maximum atomic E-state index is 13.0. The number of aromatic nitrogens is 2. The molecule has 3 rings (SSSR count). The minimum absolute atomic E-state index is 0.00219. The largest absolute Gasteiger partial charge is 0.343 e. The van der Waals surface area contributed by atoms with Crippen LogP contribution in [0.4, 0.5) is 0 Å². The second-order valence-electron chi connectivity index (χ2n) is 8.30. The van der Waals surface area contributed by atoms with Crippen LogP contribution in [-0.2, 0) is 9.59 Å². The summed E-state index contributed by atoms with van der Waals surface area (Å²) in [5, 5.41) is 3.15. The quantitative estimate of drug-likeness (QED) is 0.885. The second kappa shape index (κ2) is 8.50. The lowest BCUT2D eigenvalue weighted by Gasteiger charge is -2.35. The maximum Gasteiger partial charge on any atom is 0.227 e. The van der Waals surface area contributed by atoms with Crippen molar-refractivity contribution in [1.29, 1.82) is 0 Å². The SMILES string of the molecule is CC(C)(C)C(=O)N1CCC(C(=O)NC(c2ccccc2)c2cnccn2)CC1. The molecule has 1 aromatic carbocycles. The van der Waals surface area contributed by atoms with Gasteiger partial charge >= 0.3 is 0 Å². The van der Waals surface area contributed by atoms with Gasteiger partial charge in [-0.05, 0) is 18.4 Å². The van der Waals surface area contributed by atoms with Crippen molar-refractivity contribution in [2.75, 3.05) is 13.1 Å². The fourth-order valence-electron chi connectivity index (χ4n) is 3.51. The van der Waals surface area contributed by atoms with Gasteiger partial charge in [0.25, 0.3) is 0 Å². The van der Waals surface area contributed by atoms with Crippen molar-refractivity contribution in [2.45, 2.75) is 39.7 Å².